The van der Waals surface area contributed by atoms with Crippen LogP contribution in [0.25, 0.3) is 23.0 Å². The maximum Gasteiger partial charge on any atom is 0.233 e. The number of hydrazine groups is 2. The fraction of sp³-hybridized carbons (Fsp3) is 0.294. The maximum atomic E-state index is 4.40. The zero-order valence-corrected chi connectivity index (χ0v) is 13.4. The summed E-state index contributed by atoms with van der Waals surface area (Å²) in [5.41, 5.74) is 10.1. The van der Waals surface area contributed by atoms with E-state index in [0.29, 0.717) is 11.8 Å². The van der Waals surface area contributed by atoms with Gasteiger partial charge in [-0.25, -0.2) is 30.7 Å². The molecule has 7 nitrogen and oxygen atoms in total. The lowest BCUT2D eigenvalue weighted by atomic mass is 10.1. The summed E-state index contributed by atoms with van der Waals surface area (Å²) in [5.74, 6) is 1.51. The molecule has 4 heterocycles. The van der Waals surface area contributed by atoms with Crippen molar-refractivity contribution in [2.75, 3.05) is 5.53 Å². The van der Waals surface area contributed by atoms with E-state index in [0.717, 1.165) is 22.7 Å². The Morgan fingerprint density at radius 3 is 3.08 bits per heavy atom. The molecule has 24 heavy (non-hydrogen) atoms. The molecule has 2 N–H and O–H groups in total. The fourth-order valence-electron chi connectivity index (χ4n) is 3.19. The van der Waals surface area contributed by atoms with E-state index in [1.807, 2.05) is 39.0 Å². The van der Waals surface area contributed by atoms with Crippen molar-refractivity contribution in [2.45, 2.75) is 25.8 Å². The van der Waals surface area contributed by atoms with Crippen LogP contribution in [0.5, 0.6) is 0 Å². The largest absolute Gasteiger partial charge is 0.291 e. The molecule has 0 spiro atoms. The molecule has 0 aromatic carbocycles. The van der Waals surface area contributed by atoms with Crippen molar-refractivity contribution in [1.29, 1.82) is 0 Å². The standard InChI is InChI=1S/C17H19N7/c1-12(13-2-3-13)20-24-8-5-16-15(4-7-23(16)21-24)14-10-19-17-18-6-9-22(17)11-14/h4-13,20-21H,2-3H2,1H3. The molecule has 5 rings (SSSR count). The van der Waals surface area contributed by atoms with Gasteiger partial charge >= 0.3 is 0 Å². The monoisotopic (exact) mass is 321 g/mol. The average Bonchev–Trinajstić information content (AvgIpc) is 3.20. The molecule has 1 atom stereocenters. The first-order valence-electron chi connectivity index (χ1n) is 8.28. The Bertz CT molecular complexity index is 918. The van der Waals surface area contributed by atoms with Crippen LogP contribution in [-0.4, -0.2) is 30.2 Å². The van der Waals surface area contributed by atoms with E-state index in [1.165, 1.54) is 12.8 Å². The first-order valence-corrected chi connectivity index (χ1v) is 8.28. The zero-order valence-electron chi connectivity index (χ0n) is 13.4. The first-order chi connectivity index (χ1) is 11.8. The molecule has 7 heteroatoms. The third-order valence-corrected chi connectivity index (χ3v) is 4.75. The van der Waals surface area contributed by atoms with E-state index >= 15 is 0 Å². The molecule has 1 saturated carbocycles. The highest BCUT2D eigenvalue weighted by Gasteiger charge is 2.29. The van der Waals surface area contributed by atoms with Crippen LogP contribution in [0, 0.1) is 5.92 Å². The van der Waals surface area contributed by atoms with Gasteiger partial charge in [0.25, 0.3) is 0 Å². The number of nitrogens with zero attached hydrogens (tertiary/aromatic N) is 5. The van der Waals surface area contributed by atoms with Gasteiger partial charge < -0.3 is 0 Å². The van der Waals surface area contributed by atoms with Crippen LogP contribution in [0.15, 0.2) is 43.3 Å². The van der Waals surface area contributed by atoms with Gasteiger partial charge in [-0.3, -0.25) is 4.40 Å². The number of fused-ring (bicyclic) bond motifs is 2. The zero-order chi connectivity index (χ0) is 16.1. The lowest BCUT2D eigenvalue weighted by Crippen LogP contribution is -2.48. The summed E-state index contributed by atoms with van der Waals surface area (Å²) in [5, 5.41) is 1.93. The van der Waals surface area contributed by atoms with Gasteiger partial charge in [-0.1, -0.05) is 0 Å². The molecule has 0 bridgehead atoms. The van der Waals surface area contributed by atoms with Crippen LogP contribution in [0.3, 0.4) is 0 Å². The summed E-state index contributed by atoms with van der Waals surface area (Å²) in [6, 6.07) is 2.58. The SMILES string of the molecule is CC(NN1C=Cc2c(-c3cnc4nccn4c3)ccn2N1)C1CC1. The molecular formula is C17H19N7. The second-order valence-corrected chi connectivity index (χ2v) is 6.50. The summed E-state index contributed by atoms with van der Waals surface area (Å²) >= 11 is 0. The van der Waals surface area contributed by atoms with Crippen molar-refractivity contribution >= 4 is 11.9 Å². The second-order valence-electron chi connectivity index (χ2n) is 6.50. The highest BCUT2D eigenvalue weighted by atomic mass is 15.8. The van der Waals surface area contributed by atoms with Crippen molar-refractivity contribution < 1.29 is 0 Å². The summed E-state index contributed by atoms with van der Waals surface area (Å²) in [7, 11) is 0. The lowest BCUT2D eigenvalue weighted by molar-refractivity contribution is 0.233. The van der Waals surface area contributed by atoms with E-state index < -0.39 is 0 Å². The van der Waals surface area contributed by atoms with Crippen LogP contribution in [0.2, 0.25) is 0 Å². The molecule has 1 fully saturated rings. The van der Waals surface area contributed by atoms with E-state index in [4.69, 9.17) is 0 Å². The third-order valence-electron chi connectivity index (χ3n) is 4.75. The second kappa shape index (κ2) is 5.10. The van der Waals surface area contributed by atoms with E-state index in [9.17, 15) is 0 Å². The van der Waals surface area contributed by atoms with Crippen molar-refractivity contribution in [3.05, 3.63) is 48.9 Å². The molecular weight excluding hydrogens is 302 g/mol. The summed E-state index contributed by atoms with van der Waals surface area (Å²) in [4.78, 5) is 8.59. The minimum atomic E-state index is 0.478. The van der Waals surface area contributed by atoms with Gasteiger partial charge in [-0.15, -0.1) is 0 Å². The molecule has 1 aliphatic heterocycles. The molecule has 122 valence electrons. The number of hydrogen-bond donors (Lipinski definition) is 2. The Labute approximate surface area is 139 Å². The van der Waals surface area contributed by atoms with E-state index in [1.54, 1.807) is 6.20 Å². The van der Waals surface area contributed by atoms with Crippen molar-refractivity contribution in [3.8, 4) is 11.1 Å². The topological polar surface area (TPSA) is 62.4 Å². The van der Waals surface area contributed by atoms with Gasteiger partial charge in [0, 0.05) is 54.4 Å². The third kappa shape index (κ3) is 2.25. The molecule has 1 aliphatic carbocycles. The van der Waals surface area contributed by atoms with Crippen LogP contribution in [0.1, 0.15) is 25.5 Å². The normalized spacial score (nSPS) is 17.8. The molecule has 1 unspecified atom stereocenters. The Hall–Kier alpha value is -2.80. The molecule has 0 amide bonds. The molecule has 0 radical (unpaired) electrons. The van der Waals surface area contributed by atoms with Gasteiger partial charge in [0.1, 0.15) is 0 Å². The van der Waals surface area contributed by atoms with Crippen LogP contribution >= 0.6 is 0 Å². The predicted octanol–water partition coefficient (Wildman–Crippen LogP) is 2.25. The smallest absolute Gasteiger partial charge is 0.233 e. The Balaban J connectivity index is 1.42. The minimum absolute atomic E-state index is 0.478. The van der Waals surface area contributed by atoms with Crippen LogP contribution in [-0.2, 0) is 0 Å². The van der Waals surface area contributed by atoms with Gasteiger partial charge in [-0.05, 0) is 37.8 Å². The lowest BCUT2D eigenvalue weighted by Gasteiger charge is -2.30. The van der Waals surface area contributed by atoms with Gasteiger partial charge in [0.05, 0.1) is 5.69 Å². The first kappa shape index (κ1) is 13.6. The predicted molar refractivity (Wildman–Crippen MR) is 92.0 cm³/mol. The Morgan fingerprint density at radius 2 is 2.21 bits per heavy atom. The molecule has 0 saturated heterocycles. The van der Waals surface area contributed by atoms with Crippen molar-refractivity contribution in [2.24, 2.45) is 5.92 Å². The van der Waals surface area contributed by atoms with Crippen LogP contribution < -0.4 is 11.0 Å². The number of hydrogen-bond acceptors (Lipinski definition) is 5. The van der Waals surface area contributed by atoms with Gasteiger partial charge in [0.15, 0.2) is 0 Å². The van der Waals surface area contributed by atoms with E-state index in [2.05, 4.69) is 46.2 Å². The average molecular weight is 321 g/mol. The number of aromatic nitrogens is 4. The molecule has 3 aromatic rings. The fourth-order valence-corrected chi connectivity index (χ4v) is 3.19. The van der Waals surface area contributed by atoms with Crippen molar-refractivity contribution in [1.82, 2.24) is 29.6 Å². The summed E-state index contributed by atoms with van der Waals surface area (Å²) in [6.07, 6.45) is 16.4. The highest BCUT2D eigenvalue weighted by molar-refractivity contribution is 5.74. The minimum Gasteiger partial charge on any atom is -0.291 e. The maximum absolute atomic E-state index is 4.40. The van der Waals surface area contributed by atoms with E-state index in [-0.39, 0.29) is 0 Å². The highest BCUT2D eigenvalue weighted by Crippen LogP contribution is 2.32. The molecule has 3 aromatic heterocycles. The number of nitrogens with one attached hydrogen (secondary N) is 2. The molecule has 2 aliphatic rings. The van der Waals surface area contributed by atoms with Crippen molar-refractivity contribution in [3.63, 3.8) is 0 Å². The Kier molecular flexibility index (Phi) is 2.90. The van der Waals surface area contributed by atoms with Gasteiger partial charge in [-0.2, -0.15) is 0 Å². The summed E-state index contributed by atoms with van der Waals surface area (Å²) < 4.78 is 3.95. The van der Waals surface area contributed by atoms with Crippen LogP contribution in [0.4, 0.5) is 0 Å². The quantitative estimate of drug-likeness (QED) is 0.772. The Morgan fingerprint density at radius 1 is 1.29 bits per heavy atom. The number of imidazole rings is 1. The number of rotatable bonds is 4. The summed E-state index contributed by atoms with van der Waals surface area (Å²) in [6.45, 7) is 2.23. The van der Waals surface area contributed by atoms with Gasteiger partial charge in [0.2, 0.25) is 5.78 Å².